The smallest absolute Gasteiger partial charge is 0.257 e. The van der Waals surface area contributed by atoms with Gasteiger partial charge in [0.15, 0.2) is 0 Å². The molecule has 184 valence electrons. The highest BCUT2D eigenvalue weighted by molar-refractivity contribution is 7.89. The van der Waals surface area contributed by atoms with Crippen molar-refractivity contribution in [2.24, 2.45) is 5.92 Å². The fraction of sp³-hybridized carbons (Fsp3) is 0.500. The van der Waals surface area contributed by atoms with Crippen LogP contribution < -0.4 is 10.1 Å². The number of H-pyrrole nitrogens is 1. The van der Waals surface area contributed by atoms with Gasteiger partial charge in [0.1, 0.15) is 10.6 Å². The molecule has 10 heteroatoms. The molecule has 1 aromatic carbocycles. The maximum absolute atomic E-state index is 13.6. The lowest BCUT2D eigenvalue weighted by Gasteiger charge is -2.31. The van der Waals surface area contributed by atoms with Crippen LogP contribution in [-0.2, 0) is 14.8 Å². The first-order valence-corrected chi connectivity index (χ1v) is 13.1. The Hall–Kier alpha value is -2.85. The summed E-state index contributed by atoms with van der Waals surface area (Å²) in [5.41, 5.74) is 1.96. The number of aryl methyl sites for hydroxylation is 2. The topological polar surface area (TPSA) is 112 Å². The number of carbonyl (C=O) groups excluding carboxylic acids is 2. The summed E-state index contributed by atoms with van der Waals surface area (Å²) in [6.07, 6.45) is 2.70. The van der Waals surface area contributed by atoms with E-state index in [9.17, 15) is 18.0 Å². The number of carbonyl (C=O) groups is 2. The lowest BCUT2D eigenvalue weighted by Crippen LogP contribution is -2.42. The molecule has 9 nitrogen and oxygen atoms in total. The molecule has 34 heavy (non-hydrogen) atoms. The van der Waals surface area contributed by atoms with E-state index in [0.717, 1.165) is 12.8 Å². The molecule has 2 aliphatic heterocycles. The molecule has 0 radical (unpaired) electrons. The predicted molar refractivity (Wildman–Crippen MR) is 129 cm³/mol. The van der Waals surface area contributed by atoms with Crippen molar-refractivity contribution in [3.05, 3.63) is 41.2 Å². The molecule has 0 unspecified atom stereocenters. The third-order valence-corrected chi connectivity index (χ3v) is 8.78. The zero-order valence-corrected chi connectivity index (χ0v) is 20.7. The van der Waals surface area contributed by atoms with Gasteiger partial charge in [0, 0.05) is 49.2 Å². The summed E-state index contributed by atoms with van der Waals surface area (Å²) >= 11 is 0. The quantitative estimate of drug-likeness (QED) is 0.649. The molecule has 2 aromatic rings. The van der Waals surface area contributed by atoms with Gasteiger partial charge in [-0.1, -0.05) is 0 Å². The number of hydrogen-bond acceptors (Lipinski definition) is 5. The molecule has 0 saturated carbocycles. The van der Waals surface area contributed by atoms with Gasteiger partial charge in [0.05, 0.1) is 12.7 Å². The third-order valence-electron chi connectivity index (χ3n) is 6.70. The summed E-state index contributed by atoms with van der Waals surface area (Å²) < 4.78 is 33.8. The van der Waals surface area contributed by atoms with Crippen LogP contribution in [0.5, 0.6) is 5.75 Å². The number of ether oxygens (including phenoxy) is 1. The van der Waals surface area contributed by atoms with Crippen LogP contribution in [0.1, 0.15) is 47.4 Å². The van der Waals surface area contributed by atoms with Gasteiger partial charge in [0.2, 0.25) is 15.9 Å². The zero-order chi connectivity index (χ0) is 24.5. The first-order chi connectivity index (χ1) is 16.2. The third kappa shape index (κ3) is 4.69. The Balaban J connectivity index is 1.46. The Bertz CT molecular complexity index is 1160. The van der Waals surface area contributed by atoms with Gasteiger partial charge in [-0.15, -0.1) is 0 Å². The molecule has 2 saturated heterocycles. The maximum atomic E-state index is 13.6. The minimum absolute atomic E-state index is 0.0723. The average Bonchev–Trinajstić information content (AvgIpc) is 3.47. The summed E-state index contributed by atoms with van der Waals surface area (Å²) in [5.74, 6) is 0.0650. The Morgan fingerprint density at radius 2 is 1.62 bits per heavy atom. The molecule has 2 amide bonds. The van der Waals surface area contributed by atoms with Crippen LogP contribution in [0.2, 0.25) is 0 Å². The fourth-order valence-electron chi connectivity index (χ4n) is 4.82. The number of piperidine rings is 1. The monoisotopic (exact) mass is 488 g/mol. The van der Waals surface area contributed by atoms with Gasteiger partial charge in [0.25, 0.3) is 5.91 Å². The van der Waals surface area contributed by atoms with Crippen molar-refractivity contribution in [3.8, 4) is 5.75 Å². The van der Waals surface area contributed by atoms with Crippen molar-refractivity contribution in [1.29, 1.82) is 0 Å². The van der Waals surface area contributed by atoms with E-state index in [1.165, 1.54) is 4.31 Å². The standard InChI is InChI=1S/C24H32N4O5S/c1-16-21(24(30)27-12-4-5-13-27)22(17(2)25-16)34(31,32)28-14-10-18(11-15-28)23(29)26-19-6-8-20(33-3)9-7-19/h6-9,18,25H,4-5,10-15H2,1-3H3,(H,26,29). The Labute approximate surface area is 200 Å². The maximum Gasteiger partial charge on any atom is 0.257 e. The predicted octanol–water partition coefficient (Wildman–Crippen LogP) is 2.92. The molecule has 2 N–H and O–H groups in total. The summed E-state index contributed by atoms with van der Waals surface area (Å²) in [6.45, 7) is 5.18. The first kappa shape index (κ1) is 24.3. The molecule has 2 aliphatic rings. The van der Waals surface area contributed by atoms with E-state index in [1.54, 1.807) is 50.1 Å². The lowest BCUT2D eigenvalue weighted by molar-refractivity contribution is -0.120. The number of aromatic nitrogens is 1. The Kier molecular flexibility index (Phi) is 6.99. The highest BCUT2D eigenvalue weighted by Crippen LogP contribution is 2.31. The summed E-state index contributed by atoms with van der Waals surface area (Å²) in [6, 6.07) is 7.08. The van der Waals surface area contributed by atoms with Crippen molar-refractivity contribution in [2.45, 2.75) is 44.4 Å². The lowest BCUT2D eigenvalue weighted by atomic mass is 9.97. The van der Waals surface area contributed by atoms with Crippen LogP contribution in [0.3, 0.4) is 0 Å². The number of benzene rings is 1. The molecule has 0 aliphatic carbocycles. The van der Waals surface area contributed by atoms with E-state index in [2.05, 4.69) is 10.3 Å². The molecule has 0 atom stereocenters. The first-order valence-electron chi connectivity index (χ1n) is 11.7. The number of anilines is 1. The second kappa shape index (κ2) is 9.79. The van der Waals surface area contributed by atoms with Gasteiger partial charge in [-0.25, -0.2) is 8.42 Å². The number of hydrogen-bond donors (Lipinski definition) is 2. The van der Waals surface area contributed by atoms with Crippen LogP contribution in [0, 0.1) is 19.8 Å². The summed E-state index contributed by atoms with van der Waals surface area (Å²) in [5, 5.41) is 2.90. The number of methoxy groups -OCH3 is 1. The largest absolute Gasteiger partial charge is 0.497 e. The van der Waals surface area contributed by atoms with E-state index in [1.807, 2.05) is 0 Å². The Morgan fingerprint density at radius 1 is 1.00 bits per heavy atom. The van der Waals surface area contributed by atoms with E-state index < -0.39 is 10.0 Å². The number of rotatable bonds is 6. The van der Waals surface area contributed by atoms with E-state index >= 15 is 0 Å². The highest BCUT2D eigenvalue weighted by Gasteiger charge is 2.38. The summed E-state index contributed by atoms with van der Waals surface area (Å²) in [4.78, 5) is 30.7. The summed E-state index contributed by atoms with van der Waals surface area (Å²) in [7, 11) is -2.30. The molecule has 2 fully saturated rings. The second-order valence-electron chi connectivity index (χ2n) is 8.97. The van der Waals surface area contributed by atoms with Crippen LogP contribution in [-0.4, -0.2) is 67.7 Å². The van der Waals surface area contributed by atoms with Crippen molar-refractivity contribution in [3.63, 3.8) is 0 Å². The van der Waals surface area contributed by atoms with Crippen LogP contribution in [0.4, 0.5) is 5.69 Å². The Morgan fingerprint density at radius 3 is 2.21 bits per heavy atom. The number of sulfonamides is 1. The van der Waals surface area contributed by atoms with E-state index in [0.29, 0.717) is 48.8 Å². The zero-order valence-electron chi connectivity index (χ0n) is 19.9. The van der Waals surface area contributed by atoms with Crippen LogP contribution in [0.25, 0.3) is 0 Å². The van der Waals surface area contributed by atoms with Gasteiger partial charge in [-0.3, -0.25) is 9.59 Å². The van der Waals surface area contributed by atoms with Crippen LogP contribution >= 0.6 is 0 Å². The molecule has 1 aromatic heterocycles. The van der Waals surface area contributed by atoms with Crippen molar-refractivity contribution < 1.29 is 22.7 Å². The second-order valence-corrected chi connectivity index (χ2v) is 10.8. The van der Waals surface area contributed by atoms with Gasteiger partial charge in [-0.05, 0) is 63.8 Å². The van der Waals surface area contributed by atoms with Gasteiger partial charge in [-0.2, -0.15) is 4.31 Å². The van der Waals surface area contributed by atoms with Gasteiger partial charge < -0.3 is 19.9 Å². The minimum Gasteiger partial charge on any atom is -0.497 e. The van der Waals surface area contributed by atoms with Crippen molar-refractivity contribution in [1.82, 2.24) is 14.2 Å². The molecule has 3 heterocycles. The molecular formula is C24H32N4O5S. The fourth-order valence-corrected chi connectivity index (χ4v) is 6.71. The molecular weight excluding hydrogens is 456 g/mol. The van der Waals surface area contributed by atoms with Crippen molar-refractivity contribution in [2.75, 3.05) is 38.6 Å². The van der Waals surface area contributed by atoms with Crippen molar-refractivity contribution >= 4 is 27.5 Å². The molecule has 4 rings (SSSR count). The van der Waals surface area contributed by atoms with Gasteiger partial charge >= 0.3 is 0 Å². The number of amides is 2. The SMILES string of the molecule is COc1ccc(NC(=O)C2CCN(S(=O)(=O)c3c(C)[nH]c(C)c3C(=O)N3CCCC3)CC2)cc1. The minimum atomic E-state index is -3.88. The normalized spacial score (nSPS) is 17.7. The van der Waals surface area contributed by atoms with Crippen LogP contribution in [0.15, 0.2) is 29.2 Å². The number of likely N-dealkylation sites (tertiary alicyclic amines) is 1. The number of nitrogens with one attached hydrogen (secondary N) is 2. The number of aromatic amines is 1. The van der Waals surface area contributed by atoms with E-state index in [-0.39, 0.29) is 41.3 Å². The highest BCUT2D eigenvalue weighted by atomic mass is 32.2. The average molecular weight is 489 g/mol. The number of nitrogens with zero attached hydrogens (tertiary/aromatic N) is 2. The molecule has 0 bridgehead atoms. The molecule has 0 spiro atoms. The van der Waals surface area contributed by atoms with E-state index in [4.69, 9.17) is 4.74 Å².